The summed E-state index contributed by atoms with van der Waals surface area (Å²) in [6, 6.07) is 1.43. The van der Waals surface area contributed by atoms with E-state index in [1.54, 1.807) is 0 Å². The zero-order valence-corrected chi connectivity index (χ0v) is 6.93. The molecule has 0 aromatic heterocycles. The minimum absolute atomic E-state index is 0.714. The largest absolute Gasteiger partial charge is 0.190 e. The van der Waals surface area contributed by atoms with Crippen molar-refractivity contribution in [2.45, 2.75) is 24.9 Å². The highest BCUT2D eigenvalue weighted by atomic mass is 15.3. The second kappa shape index (κ2) is 1.28. The average Bonchev–Trinajstić information content (AvgIpc) is 2.84. The lowest BCUT2D eigenvalue weighted by atomic mass is 9.79. The molecule has 5 fully saturated rings. The van der Waals surface area contributed by atoms with E-state index in [1.165, 1.54) is 12.8 Å². The molecule has 8 bridgehead atoms. The van der Waals surface area contributed by atoms with E-state index < -0.39 is 0 Å². The normalized spacial score (nSPS) is 78.7. The molecule has 5 aliphatic carbocycles. The van der Waals surface area contributed by atoms with Gasteiger partial charge in [0.15, 0.2) is 0 Å². The smallest absolute Gasteiger partial charge is 0.0794 e. The number of hydrogen-bond donors (Lipinski definition) is 0. The van der Waals surface area contributed by atoms with Crippen molar-refractivity contribution in [3.8, 4) is 0 Å². The summed E-state index contributed by atoms with van der Waals surface area (Å²) >= 11 is 0. The summed E-state index contributed by atoms with van der Waals surface area (Å²) < 4.78 is 0. The Hall–Kier alpha value is -0.400. The van der Waals surface area contributed by atoms with Crippen LogP contribution >= 0.6 is 0 Å². The van der Waals surface area contributed by atoms with Crippen molar-refractivity contribution in [1.82, 2.24) is 0 Å². The van der Waals surface area contributed by atoms with Gasteiger partial charge in [-0.15, -0.1) is 0 Å². The summed E-state index contributed by atoms with van der Waals surface area (Å²) in [6.07, 6.45) is 3.07. The van der Waals surface area contributed by atoms with E-state index in [2.05, 4.69) is 10.2 Å². The predicted molar refractivity (Wildman–Crippen MR) is 42.6 cm³/mol. The standard InChI is InChI=1S/C10H12N2/c1-2-4-5-3(1)6-7(4)10-8(5)9(6)11-12-10/h3-10H,1-2H2/t3-,4-,5?,6+,7+,8?,9+,10+/m0/s1. The SMILES string of the molecule is C1C[C@H]2C3C4[C@@H]5N=N[C@@H]4[C@H]2[C@H]5[C@@H]13. The Bertz CT molecular complexity index is 283. The summed E-state index contributed by atoms with van der Waals surface area (Å²) in [5, 5.41) is 8.91. The van der Waals surface area contributed by atoms with E-state index >= 15 is 0 Å². The molecular weight excluding hydrogens is 148 g/mol. The van der Waals surface area contributed by atoms with Gasteiger partial charge in [-0.2, -0.15) is 10.2 Å². The van der Waals surface area contributed by atoms with Gasteiger partial charge in [0.1, 0.15) is 0 Å². The fraction of sp³-hybridized carbons (Fsp3) is 1.00. The molecule has 62 valence electrons. The second-order valence-electron chi connectivity index (χ2n) is 5.43. The molecule has 0 aromatic carbocycles. The van der Waals surface area contributed by atoms with Crippen molar-refractivity contribution in [3.05, 3.63) is 0 Å². The molecule has 6 rings (SSSR count). The molecule has 0 N–H and O–H groups in total. The molecule has 12 heavy (non-hydrogen) atoms. The van der Waals surface area contributed by atoms with Crippen molar-refractivity contribution in [3.63, 3.8) is 0 Å². The Kier molecular flexibility index (Phi) is 0.572. The molecule has 0 saturated heterocycles. The van der Waals surface area contributed by atoms with Gasteiger partial charge in [0.25, 0.3) is 0 Å². The van der Waals surface area contributed by atoms with Crippen molar-refractivity contribution >= 4 is 0 Å². The van der Waals surface area contributed by atoms with E-state index in [1.807, 2.05) is 0 Å². The van der Waals surface area contributed by atoms with Crippen molar-refractivity contribution < 1.29 is 0 Å². The Morgan fingerprint density at radius 3 is 1.83 bits per heavy atom. The van der Waals surface area contributed by atoms with E-state index in [0.717, 1.165) is 35.5 Å². The minimum Gasteiger partial charge on any atom is -0.190 e. The van der Waals surface area contributed by atoms with Gasteiger partial charge in [0.05, 0.1) is 12.1 Å². The number of nitrogens with zero attached hydrogens (tertiary/aromatic N) is 2. The lowest BCUT2D eigenvalue weighted by Crippen LogP contribution is -2.29. The van der Waals surface area contributed by atoms with E-state index in [9.17, 15) is 0 Å². The van der Waals surface area contributed by atoms with Crippen LogP contribution in [0.3, 0.4) is 0 Å². The van der Waals surface area contributed by atoms with Gasteiger partial charge in [-0.25, -0.2) is 0 Å². The van der Waals surface area contributed by atoms with Crippen LogP contribution in [0.15, 0.2) is 10.2 Å². The monoisotopic (exact) mass is 160 g/mol. The zero-order valence-electron chi connectivity index (χ0n) is 6.93. The topological polar surface area (TPSA) is 24.7 Å². The molecule has 0 amide bonds. The molecule has 6 atom stereocenters. The summed E-state index contributed by atoms with van der Waals surface area (Å²) in [5.74, 6) is 6.26. The van der Waals surface area contributed by atoms with Crippen LogP contribution in [0.25, 0.3) is 0 Å². The first-order chi connectivity index (χ1) is 5.97. The van der Waals surface area contributed by atoms with Crippen LogP contribution in [0.4, 0.5) is 0 Å². The lowest BCUT2D eigenvalue weighted by molar-refractivity contribution is 0.209. The maximum Gasteiger partial charge on any atom is 0.0794 e. The Morgan fingerprint density at radius 2 is 1.25 bits per heavy atom. The maximum atomic E-state index is 4.45. The second-order valence-corrected chi connectivity index (χ2v) is 5.43. The van der Waals surface area contributed by atoms with Gasteiger partial charge >= 0.3 is 0 Å². The Balaban J connectivity index is 1.85. The van der Waals surface area contributed by atoms with Crippen LogP contribution in [0.5, 0.6) is 0 Å². The lowest BCUT2D eigenvalue weighted by Gasteiger charge is -2.29. The van der Waals surface area contributed by atoms with Gasteiger partial charge in [-0.3, -0.25) is 0 Å². The number of hydrogen-bond acceptors (Lipinski definition) is 2. The highest BCUT2D eigenvalue weighted by Gasteiger charge is 2.78. The molecule has 0 aromatic rings. The fourth-order valence-electron chi connectivity index (χ4n) is 5.72. The Morgan fingerprint density at radius 1 is 0.667 bits per heavy atom. The highest BCUT2D eigenvalue weighted by molar-refractivity contribution is 5.28. The first-order valence-electron chi connectivity index (χ1n) is 5.37. The first kappa shape index (κ1) is 5.36. The van der Waals surface area contributed by atoms with Crippen molar-refractivity contribution in [2.24, 2.45) is 45.7 Å². The number of azo groups is 1. The van der Waals surface area contributed by atoms with E-state index in [0.29, 0.717) is 12.1 Å². The third-order valence-corrected chi connectivity index (χ3v) is 5.61. The molecule has 2 nitrogen and oxygen atoms in total. The molecule has 0 unspecified atom stereocenters. The van der Waals surface area contributed by atoms with Crippen LogP contribution in [0.1, 0.15) is 12.8 Å². The van der Waals surface area contributed by atoms with Crippen LogP contribution < -0.4 is 0 Å². The van der Waals surface area contributed by atoms with Crippen LogP contribution in [-0.4, -0.2) is 12.1 Å². The number of rotatable bonds is 0. The first-order valence-corrected chi connectivity index (χ1v) is 5.37. The van der Waals surface area contributed by atoms with Crippen molar-refractivity contribution in [1.29, 1.82) is 0 Å². The third kappa shape index (κ3) is 0.289. The van der Waals surface area contributed by atoms with Crippen LogP contribution in [0.2, 0.25) is 0 Å². The maximum absolute atomic E-state index is 4.45. The van der Waals surface area contributed by atoms with Crippen molar-refractivity contribution in [2.75, 3.05) is 0 Å². The quantitative estimate of drug-likeness (QED) is 0.515. The Labute approximate surface area is 71.4 Å². The molecule has 0 spiro atoms. The molecule has 2 heteroatoms. The highest BCUT2D eigenvalue weighted by Crippen LogP contribution is 2.77. The summed E-state index contributed by atoms with van der Waals surface area (Å²) in [5.41, 5.74) is 0. The summed E-state index contributed by atoms with van der Waals surface area (Å²) in [7, 11) is 0. The molecule has 6 aliphatic rings. The van der Waals surface area contributed by atoms with Crippen LogP contribution in [0, 0.1) is 35.5 Å². The molecule has 1 aliphatic heterocycles. The molecule has 1 heterocycles. The van der Waals surface area contributed by atoms with Gasteiger partial charge < -0.3 is 0 Å². The summed E-state index contributed by atoms with van der Waals surface area (Å²) in [4.78, 5) is 0. The van der Waals surface area contributed by atoms with E-state index in [4.69, 9.17) is 0 Å². The molecular formula is C10H12N2. The van der Waals surface area contributed by atoms with Gasteiger partial charge in [-0.1, -0.05) is 0 Å². The predicted octanol–water partition coefficient (Wildman–Crippen LogP) is 1.72. The minimum atomic E-state index is 0.714. The fourth-order valence-corrected chi connectivity index (χ4v) is 5.72. The molecule has 5 saturated carbocycles. The zero-order chi connectivity index (χ0) is 7.45. The van der Waals surface area contributed by atoms with E-state index in [-0.39, 0.29) is 0 Å². The van der Waals surface area contributed by atoms with Gasteiger partial charge in [0.2, 0.25) is 0 Å². The van der Waals surface area contributed by atoms with Gasteiger partial charge in [0, 0.05) is 5.92 Å². The third-order valence-electron chi connectivity index (χ3n) is 5.61. The molecule has 0 radical (unpaired) electrons. The van der Waals surface area contributed by atoms with Gasteiger partial charge in [-0.05, 0) is 42.4 Å². The van der Waals surface area contributed by atoms with Crippen LogP contribution in [-0.2, 0) is 0 Å². The average molecular weight is 160 g/mol. The summed E-state index contributed by atoms with van der Waals surface area (Å²) in [6.45, 7) is 0.